The van der Waals surface area contributed by atoms with Crippen LogP contribution in [0, 0.1) is 0 Å². The van der Waals surface area contributed by atoms with Gasteiger partial charge in [0.2, 0.25) is 0 Å². The van der Waals surface area contributed by atoms with Gasteiger partial charge in [-0.2, -0.15) is 0 Å². The Balaban J connectivity index is 0. The van der Waals surface area contributed by atoms with E-state index in [1.54, 1.807) is 0 Å². The second-order valence-electron chi connectivity index (χ2n) is 2.77. The molecule has 0 fully saturated rings. The molecule has 0 rings (SSSR count). The van der Waals surface area contributed by atoms with E-state index in [0.717, 1.165) is 0 Å². The van der Waals surface area contributed by atoms with E-state index in [9.17, 15) is 9.59 Å². The molecule has 0 amide bonds. The number of carboxylic acids is 2. The summed E-state index contributed by atoms with van der Waals surface area (Å²) in [7, 11) is 0. The quantitative estimate of drug-likeness (QED) is 0.485. The maximum absolute atomic E-state index is 10.5. The van der Waals surface area contributed by atoms with Crippen LogP contribution in [0.15, 0.2) is 11.1 Å². The molecule has 81 valence electrons. The molecule has 1 radical (unpaired) electrons. The number of rotatable bonds is 4. The molecule has 0 saturated heterocycles. The smallest absolute Gasteiger partial charge is 0.332 e. The summed E-state index contributed by atoms with van der Waals surface area (Å²) in [6.07, 6.45) is -1.02. The van der Waals surface area contributed by atoms with Gasteiger partial charge in [0, 0.05) is 34.6 Å². The Labute approximate surface area is 91.9 Å². The Kier molecular flexibility index (Phi) is 7.35. The van der Waals surface area contributed by atoms with E-state index in [-0.39, 0.29) is 34.6 Å². The average Bonchev–Trinajstić information content (AvgIpc) is 1.97. The third-order valence-electron chi connectivity index (χ3n) is 1.53. The van der Waals surface area contributed by atoms with Crippen molar-refractivity contribution in [2.24, 2.45) is 0 Å². The first-order valence-corrected chi connectivity index (χ1v) is 3.70. The van der Waals surface area contributed by atoms with Crippen molar-refractivity contribution in [2.45, 2.75) is 26.4 Å². The molecule has 0 heterocycles. The van der Waals surface area contributed by atoms with E-state index in [4.69, 9.17) is 15.3 Å². The minimum absolute atomic E-state index is 0. The van der Waals surface area contributed by atoms with Gasteiger partial charge in [0.25, 0.3) is 0 Å². The van der Waals surface area contributed by atoms with Crippen LogP contribution in [0.25, 0.3) is 0 Å². The van der Waals surface area contributed by atoms with Crippen LogP contribution in [0.4, 0.5) is 0 Å². The van der Waals surface area contributed by atoms with Crippen molar-refractivity contribution in [3.8, 4) is 0 Å². The molecule has 1 unspecified atom stereocenters. The number of hydrogen-bond acceptors (Lipinski definition) is 3. The fourth-order valence-electron chi connectivity index (χ4n) is 0.825. The van der Waals surface area contributed by atoms with Crippen molar-refractivity contribution in [1.82, 2.24) is 0 Å². The third kappa shape index (κ3) is 5.01. The van der Waals surface area contributed by atoms with E-state index < -0.39 is 18.0 Å². The van der Waals surface area contributed by atoms with Crippen molar-refractivity contribution in [3.05, 3.63) is 11.1 Å². The maximum Gasteiger partial charge on any atom is 0.332 e. The summed E-state index contributed by atoms with van der Waals surface area (Å²) in [6, 6.07) is 0. The van der Waals surface area contributed by atoms with Crippen LogP contribution in [-0.2, 0) is 26.7 Å². The van der Waals surface area contributed by atoms with E-state index in [2.05, 4.69) is 0 Å². The van der Waals surface area contributed by atoms with Crippen LogP contribution < -0.4 is 0 Å². The summed E-state index contributed by atoms with van der Waals surface area (Å²) < 4.78 is 0. The molecule has 0 aliphatic rings. The van der Waals surface area contributed by atoms with Gasteiger partial charge < -0.3 is 15.3 Å². The zero-order valence-corrected chi connectivity index (χ0v) is 9.00. The Hall–Kier alpha value is -0.841. The first-order valence-electron chi connectivity index (χ1n) is 3.70. The molecule has 0 saturated carbocycles. The fraction of sp³-hybridized carbons (Fsp3) is 0.500. The summed E-state index contributed by atoms with van der Waals surface area (Å²) in [5.41, 5.74) is -0.504. The van der Waals surface area contributed by atoms with Crippen molar-refractivity contribution in [1.29, 1.82) is 0 Å². The summed E-state index contributed by atoms with van der Waals surface area (Å²) in [6.45, 7) is 2.60. The van der Waals surface area contributed by atoms with E-state index in [1.807, 2.05) is 0 Å². The molecule has 6 heteroatoms. The van der Waals surface area contributed by atoms with Crippen LogP contribution in [0.3, 0.4) is 0 Å². The van der Waals surface area contributed by atoms with Gasteiger partial charge in [-0.25, -0.2) is 9.59 Å². The number of aliphatic hydroxyl groups excluding tert-OH is 1. The Morgan fingerprint density at radius 1 is 1.21 bits per heavy atom. The molecular weight excluding hydrogens is 231 g/mol. The van der Waals surface area contributed by atoms with Crippen LogP contribution >= 0.6 is 0 Å². The molecule has 0 spiro atoms. The van der Waals surface area contributed by atoms with Crippen molar-refractivity contribution < 1.29 is 42.0 Å². The minimum Gasteiger partial charge on any atom is -0.478 e. The molecule has 0 aromatic carbocycles. The molecule has 0 aliphatic carbocycles. The maximum atomic E-state index is 10.5. The molecule has 5 nitrogen and oxygen atoms in total. The van der Waals surface area contributed by atoms with E-state index >= 15 is 0 Å². The normalized spacial score (nSPS) is 13.6. The Morgan fingerprint density at radius 3 is 1.86 bits per heavy atom. The number of carboxylic acid groups (broad SMARTS) is 2. The SMILES string of the molecule is CC(C(=O)O)=C(CC(C)O)C(=O)O.[Mn]. The Bertz CT molecular complexity index is 256. The van der Waals surface area contributed by atoms with Gasteiger partial charge in [0.15, 0.2) is 0 Å². The van der Waals surface area contributed by atoms with Gasteiger partial charge in [0.05, 0.1) is 6.10 Å². The minimum atomic E-state index is -1.30. The topological polar surface area (TPSA) is 94.8 Å². The number of aliphatic carboxylic acids is 2. The zero-order chi connectivity index (χ0) is 10.6. The molecule has 14 heavy (non-hydrogen) atoms. The van der Waals surface area contributed by atoms with E-state index in [0.29, 0.717) is 0 Å². The second-order valence-corrected chi connectivity index (χ2v) is 2.77. The summed E-state index contributed by atoms with van der Waals surface area (Å²) in [4.78, 5) is 21.0. The van der Waals surface area contributed by atoms with Gasteiger partial charge in [-0.3, -0.25) is 0 Å². The van der Waals surface area contributed by atoms with Crippen LogP contribution in [0.5, 0.6) is 0 Å². The first kappa shape index (κ1) is 15.6. The summed E-state index contributed by atoms with van der Waals surface area (Å²) >= 11 is 0. The van der Waals surface area contributed by atoms with Gasteiger partial charge in [-0.15, -0.1) is 0 Å². The second kappa shape index (κ2) is 6.59. The molecule has 0 aromatic rings. The van der Waals surface area contributed by atoms with Crippen LogP contribution in [-0.4, -0.2) is 33.4 Å². The zero-order valence-electron chi connectivity index (χ0n) is 7.82. The van der Waals surface area contributed by atoms with E-state index in [1.165, 1.54) is 13.8 Å². The third-order valence-corrected chi connectivity index (χ3v) is 1.53. The van der Waals surface area contributed by atoms with Crippen LogP contribution in [0.1, 0.15) is 20.3 Å². The molecular formula is C8H12MnO5. The monoisotopic (exact) mass is 243 g/mol. The first-order chi connectivity index (χ1) is 5.86. The molecule has 1 atom stereocenters. The van der Waals surface area contributed by atoms with Gasteiger partial charge in [-0.1, -0.05) is 0 Å². The Morgan fingerprint density at radius 2 is 1.64 bits per heavy atom. The molecule has 0 aromatic heterocycles. The van der Waals surface area contributed by atoms with Crippen molar-refractivity contribution in [3.63, 3.8) is 0 Å². The predicted octanol–water partition coefficient (Wildman–Crippen LogP) is 0.241. The summed E-state index contributed by atoms with van der Waals surface area (Å²) in [5, 5.41) is 26.0. The van der Waals surface area contributed by atoms with Gasteiger partial charge in [-0.05, 0) is 13.8 Å². The fourth-order valence-corrected chi connectivity index (χ4v) is 0.825. The predicted molar refractivity (Wildman–Crippen MR) is 44.3 cm³/mol. The standard InChI is InChI=1S/C8H12O5.Mn/c1-4(9)3-6(8(12)13)5(2)7(10)11;/h4,9H,3H2,1-2H3,(H,10,11)(H,12,13);. The van der Waals surface area contributed by atoms with Gasteiger partial charge in [0.1, 0.15) is 0 Å². The molecule has 3 N–H and O–H groups in total. The van der Waals surface area contributed by atoms with Gasteiger partial charge >= 0.3 is 11.9 Å². The summed E-state index contributed by atoms with van der Waals surface area (Å²) in [5.74, 6) is -2.58. The molecule has 0 aliphatic heterocycles. The average molecular weight is 243 g/mol. The van der Waals surface area contributed by atoms with Crippen molar-refractivity contribution >= 4 is 11.9 Å². The largest absolute Gasteiger partial charge is 0.478 e. The number of carbonyl (C=O) groups is 2. The number of aliphatic hydroxyl groups is 1. The van der Waals surface area contributed by atoms with Crippen LogP contribution in [0.2, 0.25) is 0 Å². The molecule has 0 bridgehead atoms. The number of hydrogen-bond donors (Lipinski definition) is 3. The van der Waals surface area contributed by atoms with Crippen molar-refractivity contribution in [2.75, 3.05) is 0 Å².